The fourth-order valence-corrected chi connectivity index (χ4v) is 2.49. The van der Waals surface area contributed by atoms with Crippen LogP contribution in [0.25, 0.3) is 0 Å². The van der Waals surface area contributed by atoms with Crippen LogP contribution in [-0.4, -0.2) is 10.1 Å². The van der Waals surface area contributed by atoms with E-state index in [0.29, 0.717) is 11.4 Å². The maximum atomic E-state index is 12.9. The lowest BCUT2D eigenvalue weighted by Crippen LogP contribution is -2.03. The third-order valence-electron chi connectivity index (χ3n) is 2.64. The topological polar surface area (TPSA) is 33.1 Å². The number of halogens is 1. The summed E-state index contributed by atoms with van der Waals surface area (Å²) in [5.41, 5.74) is 2.73. The molecule has 2 aromatic rings. The van der Waals surface area contributed by atoms with E-state index in [2.05, 4.69) is 4.98 Å². The zero-order chi connectivity index (χ0) is 12.4. The Morgan fingerprint density at radius 1 is 1.41 bits per heavy atom. The molecule has 1 heterocycles. The van der Waals surface area contributed by atoms with Gasteiger partial charge < -0.3 is 5.11 Å². The highest BCUT2D eigenvalue weighted by molar-refractivity contribution is 7.09. The first-order chi connectivity index (χ1) is 8.06. The molecule has 1 atom stereocenters. The van der Waals surface area contributed by atoms with Crippen molar-refractivity contribution in [3.05, 3.63) is 51.2 Å². The van der Waals surface area contributed by atoms with Crippen LogP contribution < -0.4 is 0 Å². The predicted molar refractivity (Wildman–Crippen MR) is 66.7 cm³/mol. The van der Waals surface area contributed by atoms with Gasteiger partial charge in [0, 0.05) is 17.5 Å². The number of aromatic nitrogens is 1. The number of nitrogens with zero attached hydrogens (tertiary/aromatic N) is 1. The minimum atomic E-state index is -0.613. The van der Waals surface area contributed by atoms with Crippen LogP contribution in [0.3, 0.4) is 0 Å². The van der Waals surface area contributed by atoms with Crippen molar-refractivity contribution in [3.8, 4) is 0 Å². The highest BCUT2D eigenvalue weighted by Gasteiger charge is 2.13. The maximum Gasteiger partial charge on any atom is 0.123 e. The summed E-state index contributed by atoms with van der Waals surface area (Å²) in [6.07, 6.45) is -0.142. The number of aliphatic hydroxyl groups excluding tert-OH is 1. The molecular formula is C13H14FNOS. The number of hydrogen-bond donors (Lipinski definition) is 1. The van der Waals surface area contributed by atoms with Crippen LogP contribution in [0, 0.1) is 19.7 Å². The molecule has 1 N–H and O–H groups in total. The van der Waals surface area contributed by atoms with Gasteiger partial charge in [-0.1, -0.05) is 6.07 Å². The van der Waals surface area contributed by atoms with E-state index < -0.39 is 6.10 Å². The third kappa shape index (κ3) is 2.90. The maximum absolute atomic E-state index is 12.9. The average Bonchev–Trinajstić information content (AvgIpc) is 2.69. The number of hydrogen-bond acceptors (Lipinski definition) is 3. The Bertz CT molecular complexity index is 524. The number of thiazole rings is 1. The van der Waals surface area contributed by atoms with Crippen molar-refractivity contribution in [2.24, 2.45) is 0 Å². The van der Waals surface area contributed by atoms with Crippen LogP contribution in [0.1, 0.15) is 27.9 Å². The lowest BCUT2D eigenvalue weighted by molar-refractivity contribution is 0.177. The normalized spacial score (nSPS) is 12.7. The summed E-state index contributed by atoms with van der Waals surface area (Å²) in [6.45, 7) is 3.74. The highest BCUT2D eigenvalue weighted by Crippen LogP contribution is 2.23. The molecular weight excluding hydrogens is 237 g/mol. The minimum Gasteiger partial charge on any atom is -0.386 e. The number of aryl methyl sites for hydroxylation is 2. The van der Waals surface area contributed by atoms with Crippen molar-refractivity contribution in [2.45, 2.75) is 26.4 Å². The monoisotopic (exact) mass is 251 g/mol. The second kappa shape index (κ2) is 4.94. The van der Waals surface area contributed by atoms with Crippen molar-refractivity contribution < 1.29 is 9.50 Å². The van der Waals surface area contributed by atoms with Gasteiger partial charge in [-0.2, -0.15) is 0 Å². The van der Waals surface area contributed by atoms with Gasteiger partial charge in [0.1, 0.15) is 16.9 Å². The van der Waals surface area contributed by atoms with E-state index in [1.54, 1.807) is 6.07 Å². The molecule has 0 aliphatic rings. The Labute approximate surface area is 104 Å². The first kappa shape index (κ1) is 12.2. The Kier molecular flexibility index (Phi) is 3.54. The van der Waals surface area contributed by atoms with Gasteiger partial charge in [0.15, 0.2) is 0 Å². The van der Waals surface area contributed by atoms with Gasteiger partial charge >= 0.3 is 0 Å². The molecule has 1 unspecified atom stereocenters. The largest absolute Gasteiger partial charge is 0.386 e. The number of aliphatic hydroxyl groups is 1. The molecule has 0 aliphatic heterocycles. The van der Waals surface area contributed by atoms with Crippen LogP contribution in [0.5, 0.6) is 0 Å². The van der Waals surface area contributed by atoms with Gasteiger partial charge in [0.25, 0.3) is 0 Å². The van der Waals surface area contributed by atoms with E-state index in [0.717, 1.165) is 16.8 Å². The quantitative estimate of drug-likeness (QED) is 0.909. The van der Waals surface area contributed by atoms with Crippen molar-refractivity contribution in [3.63, 3.8) is 0 Å². The lowest BCUT2D eigenvalue weighted by atomic mass is 10.0. The molecule has 0 fully saturated rings. The Morgan fingerprint density at radius 3 is 2.76 bits per heavy atom. The standard InChI is InChI=1S/C13H14FNOS/c1-8-5-11(14)4-3-10(8)6-12(16)13-15-9(2)7-17-13/h3-5,7,12,16H,6H2,1-2H3. The first-order valence-corrected chi connectivity index (χ1v) is 6.29. The third-order valence-corrected chi connectivity index (χ3v) is 3.70. The molecule has 0 spiro atoms. The summed E-state index contributed by atoms with van der Waals surface area (Å²) in [6, 6.07) is 4.62. The van der Waals surface area contributed by atoms with E-state index >= 15 is 0 Å². The molecule has 90 valence electrons. The first-order valence-electron chi connectivity index (χ1n) is 5.41. The lowest BCUT2D eigenvalue weighted by Gasteiger charge is -2.10. The molecule has 0 radical (unpaired) electrons. The molecule has 2 rings (SSSR count). The minimum absolute atomic E-state index is 0.245. The fraction of sp³-hybridized carbons (Fsp3) is 0.308. The predicted octanol–water partition coefficient (Wildman–Crippen LogP) is 3.18. The summed E-state index contributed by atoms with van der Waals surface area (Å²) in [5.74, 6) is -0.245. The van der Waals surface area contributed by atoms with Crippen molar-refractivity contribution in [2.75, 3.05) is 0 Å². The Morgan fingerprint density at radius 2 is 2.18 bits per heavy atom. The van der Waals surface area contributed by atoms with E-state index in [1.165, 1.54) is 23.5 Å². The van der Waals surface area contributed by atoms with Gasteiger partial charge in [-0.3, -0.25) is 0 Å². The SMILES string of the molecule is Cc1csc(C(O)Cc2ccc(F)cc2C)n1. The van der Waals surface area contributed by atoms with E-state index in [-0.39, 0.29) is 5.82 Å². The molecule has 0 saturated heterocycles. The van der Waals surface area contributed by atoms with Gasteiger partial charge in [-0.15, -0.1) is 11.3 Å². The molecule has 0 saturated carbocycles. The molecule has 0 aliphatic carbocycles. The number of rotatable bonds is 3. The molecule has 1 aromatic heterocycles. The van der Waals surface area contributed by atoms with Crippen LogP contribution in [0.15, 0.2) is 23.6 Å². The van der Waals surface area contributed by atoms with Crippen molar-refractivity contribution >= 4 is 11.3 Å². The summed E-state index contributed by atoms with van der Waals surface area (Å²) in [5, 5.41) is 12.7. The van der Waals surface area contributed by atoms with Crippen molar-refractivity contribution in [1.82, 2.24) is 4.98 Å². The number of benzene rings is 1. The van der Waals surface area contributed by atoms with E-state index in [4.69, 9.17) is 0 Å². The van der Waals surface area contributed by atoms with Crippen molar-refractivity contribution in [1.29, 1.82) is 0 Å². The van der Waals surface area contributed by atoms with E-state index in [9.17, 15) is 9.50 Å². The van der Waals surface area contributed by atoms with Crippen LogP contribution in [0.4, 0.5) is 4.39 Å². The molecule has 0 bridgehead atoms. The molecule has 0 amide bonds. The van der Waals surface area contributed by atoms with Crippen LogP contribution in [-0.2, 0) is 6.42 Å². The highest BCUT2D eigenvalue weighted by atomic mass is 32.1. The smallest absolute Gasteiger partial charge is 0.123 e. The molecule has 1 aromatic carbocycles. The second-order valence-electron chi connectivity index (χ2n) is 4.12. The van der Waals surface area contributed by atoms with Gasteiger partial charge in [-0.05, 0) is 37.1 Å². The summed E-state index contributed by atoms with van der Waals surface area (Å²) in [4.78, 5) is 4.25. The zero-order valence-electron chi connectivity index (χ0n) is 9.77. The fourth-order valence-electron chi connectivity index (χ4n) is 1.71. The van der Waals surface area contributed by atoms with Gasteiger partial charge in [0.05, 0.1) is 0 Å². The Balaban J connectivity index is 2.15. The van der Waals surface area contributed by atoms with Gasteiger partial charge in [0.2, 0.25) is 0 Å². The Hall–Kier alpha value is -1.26. The van der Waals surface area contributed by atoms with E-state index in [1.807, 2.05) is 19.2 Å². The summed E-state index contributed by atoms with van der Waals surface area (Å²) < 4.78 is 12.9. The van der Waals surface area contributed by atoms with Crippen LogP contribution in [0.2, 0.25) is 0 Å². The zero-order valence-corrected chi connectivity index (χ0v) is 10.6. The van der Waals surface area contributed by atoms with Crippen LogP contribution >= 0.6 is 11.3 Å². The summed E-state index contributed by atoms with van der Waals surface area (Å²) in [7, 11) is 0. The molecule has 4 heteroatoms. The molecule has 2 nitrogen and oxygen atoms in total. The van der Waals surface area contributed by atoms with Gasteiger partial charge in [-0.25, -0.2) is 9.37 Å². The molecule has 17 heavy (non-hydrogen) atoms. The second-order valence-corrected chi connectivity index (χ2v) is 5.01. The average molecular weight is 251 g/mol. The summed E-state index contributed by atoms with van der Waals surface area (Å²) >= 11 is 1.45.